The first-order valence-corrected chi connectivity index (χ1v) is 11.1. The molecule has 0 radical (unpaired) electrons. The number of hydrogen-bond acceptors (Lipinski definition) is 3. The van der Waals surface area contributed by atoms with Gasteiger partial charge in [0.2, 0.25) is 0 Å². The van der Waals surface area contributed by atoms with Gasteiger partial charge in [0, 0.05) is 24.0 Å². The third kappa shape index (κ3) is 4.00. The number of amides is 1. The number of hydrogen-bond donors (Lipinski definition) is 1. The average molecular weight is 464 g/mol. The predicted octanol–water partition coefficient (Wildman–Crippen LogP) is 5.24. The minimum absolute atomic E-state index is 0.319. The van der Waals surface area contributed by atoms with Gasteiger partial charge in [0.05, 0.1) is 23.4 Å². The lowest BCUT2D eigenvalue weighted by molar-refractivity contribution is -0.144. The summed E-state index contributed by atoms with van der Waals surface area (Å²) >= 11 is 0. The topological polar surface area (TPSA) is 64.2 Å². The van der Waals surface area contributed by atoms with Gasteiger partial charge in [0.1, 0.15) is 5.82 Å². The second-order valence-electron chi connectivity index (χ2n) is 8.65. The highest BCUT2D eigenvalue weighted by molar-refractivity contribution is 5.84. The fourth-order valence-corrected chi connectivity index (χ4v) is 4.88. The Hall–Kier alpha value is -3.81. The summed E-state index contributed by atoms with van der Waals surface area (Å²) in [5.74, 6) is -5.91. The van der Waals surface area contributed by atoms with E-state index in [4.69, 9.17) is 5.73 Å². The highest BCUT2D eigenvalue weighted by Gasteiger charge is 2.45. The molecule has 3 aromatic carbocycles. The molecule has 34 heavy (non-hydrogen) atoms. The number of primary amides is 1. The van der Waals surface area contributed by atoms with E-state index in [2.05, 4.69) is 10.00 Å². The summed E-state index contributed by atoms with van der Waals surface area (Å²) in [6, 6.07) is 21.1. The van der Waals surface area contributed by atoms with E-state index in [9.17, 15) is 18.0 Å². The maximum Gasteiger partial charge on any atom is 0.324 e. The fourth-order valence-electron chi connectivity index (χ4n) is 4.88. The molecular formula is C26H23F3N4O. The number of benzene rings is 3. The zero-order chi connectivity index (χ0) is 23.9. The molecule has 5 rings (SSSR count). The lowest BCUT2D eigenvalue weighted by Gasteiger charge is -2.31. The van der Waals surface area contributed by atoms with Crippen LogP contribution in [0.15, 0.2) is 79.0 Å². The number of rotatable bonds is 6. The van der Waals surface area contributed by atoms with Crippen LogP contribution in [0.5, 0.6) is 0 Å². The van der Waals surface area contributed by atoms with Crippen LogP contribution in [0.25, 0.3) is 16.6 Å². The van der Waals surface area contributed by atoms with E-state index in [-0.39, 0.29) is 11.9 Å². The molecule has 1 amide bonds. The van der Waals surface area contributed by atoms with Crippen molar-refractivity contribution in [1.29, 1.82) is 0 Å². The molecule has 2 atom stereocenters. The van der Waals surface area contributed by atoms with Gasteiger partial charge in [-0.1, -0.05) is 30.3 Å². The molecule has 1 aromatic heterocycles. The maximum atomic E-state index is 14.3. The van der Waals surface area contributed by atoms with Crippen LogP contribution in [0.1, 0.15) is 24.4 Å². The Morgan fingerprint density at radius 2 is 1.74 bits per heavy atom. The van der Waals surface area contributed by atoms with E-state index in [1.54, 1.807) is 23.0 Å². The third-order valence-corrected chi connectivity index (χ3v) is 6.50. The first-order valence-electron chi connectivity index (χ1n) is 11.1. The second-order valence-corrected chi connectivity index (χ2v) is 8.65. The molecule has 2 N–H and O–H groups in total. The summed E-state index contributed by atoms with van der Waals surface area (Å²) in [4.78, 5) is 13.4. The van der Waals surface area contributed by atoms with Crippen LogP contribution in [0.4, 0.5) is 18.9 Å². The monoisotopic (exact) mass is 464 g/mol. The van der Waals surface area contributed by atoms with E-state index in [0.717, 1.165) is 27.8 Å². The van der Waals surface area contributed by atoms with Gasteiger partial charge in [0.15, 0.2) is 0 Å². The van der Waals surface area contributed by atoms with Crippen molar-refractivity contribution in [3.8, 4) is 5.69 Å². The molecule has 4 aromatic rings. The van der Waals surface area contributed by atoms with Gasteiger partial charge in [-0.3, -0.25) is 4.79 Å². The van der Waals surface area contributed by atoms with Crippen LogP contribution in [0, 0.1) is 11.7 Å². The quantitative estimate of drug-likeness (QED) is 0.424. The van der Waals surface area contributed by atoms with Crippen molar-refractivity contribution in [2.45, 2.75) is 24.8 Å². The van der Waals surface area contributed by atoms with Crippen LogP contribution >= 0.6 is 0 Å². The molecule has 0 aliphatic carbocycles. The molecule has 0 spiro atoms. The van der Waals surface area contributed by atoms with Crippen molar-refractivity contribution < 1.29 is 18.0 Å². The number of halogens is 3. The van der Waals surface area contributed by atoms with Gasteiger partial charge in [-0.25, -0.2) is 9.07 Å². The second kappa shape index (κ2) is 8.52. The Labute approximate surface area is 194 Å². The number of nitrogens with zero attached hydrogens (tertiary/aromatic N) is 3. The molecule has 174 valence electrons. The molecule has 8 heteroatoms. The number of alkyl halides is 2. The summed E-state index contributed by atoms with van der Waals surface area (Å²) in [6.45, 7) is 0.566. The number of aromatic nitrogens is 2. The summed E-state index contributed by atoms with van der Waals surface area (Å²) in [6.07, 6.45) is 1.65. The van der Waals surface area contributed by atoms with E-state index in [0.29, 0.717) is 13.0 Å². The van der Waals surface area contributed by atoms with Crippen molar-refractivity contribution >= 4 is 22.5 Å². The molecular weight excluding hydrogens is 441 g/mol. The van der Waals surface area contributed by atoms with Crippen molar-refractivity contribution in [3.05, 3.63) is 90.4 Å². The van der Waals surface area contributed by atoms with Crippen molar-refractivity contribution in [1.82, 2.24) is 9.78 Å². The Morgan fingerprint density at radius 3 is 2.44 bits per heavy atom. The van der Waals surface area contributed by atoms with Crippen LogP contribution in [0.2, 0.25) is 0 Å². The Morgan fingerprint density at radius 1 is 1.03 bits per heavy atom. The lowest BCUT2D eigenvalue weighted by atomic mass is 9.88. The summed E-state index contributed by atoms with van der Waals surface area (Å²) in [7, 11) is 0. The Balaban J connectivity index is 1.50. The summed E-state index contributed by atoms with van der Waals surface area (Å²) in [5.41, 5.74) is 8.34. The molecule has 1 fully saturated rings. The van der Waals surface area contributed by atoms with Crippen molar-refractivity contribution in [2.24, 2.45) is 11.7 Å². The number of carbonyl (C=O) groups excluding carboxylic acids is 1. The van der Waals surface area contributed by atoms with Crippen molar-refractivity contribution in [3.63, 3.8) is 0 Å². The zero-order valence-corrected chi connectivity index (χ0v) is 18.2. The molecule has 5 nitrogen and oxygen atoms in total. The molecule has 1 aliphatic rings. The van der Waals surface area contributed by atoms with E-state index >= 15 is 0 Å². The van der Waals surface area contributed by atoms with Gasteiger partial charge >= 0.3 is 5.92 Å². The normalized spacial score (nSPS) is 18.5. The molecule has 1 aliphatic heterocycles. The van der Waals surface area contributed by atoms with E-state index in [1.165, 1.54) is 12.1 Å². The highest BCUT2D eigenvalue weighted by atomic mass is 19.3. The lowest BCUT2D eigenvalue weighted by Crippen LogP contribution is -2.38. The van der Waals surface area contributed by atoms with Crippen LogP contribution in [-0.4, -0.2) is 28.2 Å². The average Bonchev–Trinajstić information content (AvgIpc) is 3.43. The first kappa shape index (κ1) is 22.0. The highest BCUT2D eigenvalue weighted by Crippen LogP contribution is 2.45. The minimum atomic E-state index is -3.56. The molecule has 2 heterocycles. The Bertz CT molecular complexity index is 1320. The van der Waals surface area contributed by atoms with Crippen LogP contribution < -0.4 is 10.6 Å². The van der Waals surface area contributed by atoms with Crippen LogP contribution in [0.3, 0.4) is 0 Å². The standard InChI is InChI=1S/C26H23F3N4O/c27-20-6-8-21(9-7-20)33-23-11-10-22(14-19(23)16-31-33)32-13-12-18(15-26(28,29)25(30)34)24(32)17-4-2-1-3-5-17/h1-11,14,16,18,24H,12-13,15H2,(H2,30,34)/t18-,24-/m0/s1. The maximum absolute atomic E-state index is 14.3. The fraction of sp³-hybridized carbons (Fsp3) is 0.231. The number of fused-ring (bicyclic) bond motifs is 1. The minimum Gasteiger partial charge on any atom is -0.364 e. The third-order valence-electron chi connectivity index (χ3n) is 6.50. The van der Waals surface area contributed by atoms with Gasteiger partial charge in [-0.15, -0.1) is 0 Å². The first-order chi connectivity index (χ1) is 16.3. The predicted molar refractivity (Wildman–Crippen MR) is 124 cm³/mol. The number of nitrogens with two attached hydrogens (primary N) is 1. The van der Waals surface area contributed by atoms with Gasteiger partial charge in [0.25, 0.3) is 5.91 Å². The van der Waals surface area contributed by atoms with E-state index in [1.807, 2.05) is 48.5 Å². The SMILES string of the molecule is NC(=O)C(F)(F)C[C@@H]1CCN(c2ccc3c(cnn3-c3ccc(F)cc3)c2)[C@H]1c1ccccc1. The molecule has 0 bridgehead atoms. The largest absolute Gasteiger partial charge is 0.364 e. The summed E-state index contributed by atoms with van der Waals surface area (Å²) in [5, 5.41) is 5.32. The smallest absolute Gasteiger partial charge is 0.324 e. The summed E-state index contributed by atoms with van der Waals surface area (Å²) < 4.78 is 43.6. The molecule has 1 saturated heterocycles. The van der Waals surface area contributed by atoms with Crippen molar-refractivity contribution in [2.75, 3.05) is 11.4 Å². The van der Waals surface area contributed by atoms with Crippen LogP contribution in [-0.2, 0) is 4.79 Å². The van der Waals surface area contributed by atoms with Gasteiger partial charge < -0.3 is 10.6 Å². The number of anilines is 1. The van der Waals surface area contributed by atoms with Gasteiger partial charge in [-0.05, 0) is 60.4 Å². The van der Waals surface area contributed by atoms with Gasteiger partial charge in [-0.2, -0.15) is 13.9 Å². The zero-order valence-electron chi connectivity index (χ0n) is 18.2. The number of carbonyl (C=O) groups is 1. The Kier molecular flexibility index (Phi) is 5.51. The molecule has 0 saturated carbocycles. The molecule has 0 unspecified atom stereocenters. The van der Waals surface area contributed by atoms with E-state index < -0.39 is 24.2 Å².